The van der Waals surface area contributed by atoms with Crippen molar-refractivity contribution >= 4 is 17.8 Å². The van der Waals surface area contributed by atoms with E-state index in [1.165, 1.54) is 0 Å². The Morgan fingerprint density at radius 2 is 1.25 bits per heavy atom. The Labute approximate surface area is 209 Å². The van der Waals surface area contributed by atoms with Crippen molar-refractivity contribution < 1.29 is 29.7 Å². The first-order valence-corrected chi connectivity index (χ1v) is 11.6. The zero-order valence-corrected chi connectivity index (χ0v) is 19.7. The lowest BCUT2D eigenvalue weighted by atomic mass is 9.94. The smallest absolute Gasteiger partial charge is 0.251 e. The molecule has 2 amide bonds. The number of nitrogens with one attached hydrogen (secondary N) is 2. The van der Waals surface area contributed by atoms with Crippen molar-refractivity contribution in [2.45, 2.75) is 43.6 Å². The van der Waals surface area contributed by atoms with Gasteiger partial charge in [0.15, 0.2) is 5.79 Å². The van der Waals surface area contributed by atoms with E-state index in [0.717, 1.165) is 5.56 Å². The average molecular weight is 490 g/mol. The lowest BCUT2D eigenvalue weighted by Crippen LogP contribution is -2.55. The minimum Gasteiger partial charge on any atom is -0.548 e. The van der Waals surface area contributed by atoms with Crippen LogP contribution in [0.25, 0.3) is 0 Å². The van der Waals surface area contributed by atoms with Crippen LogP contribution < -0.4 is 15.7 Å². The Hall–Kier alpha value is -4.01. The van der Waals surface area contributed by atoms with Crippen molar-refractivity contribution in [3.05, 3.63) is 108 Å². The van der Waals surface area contributed by atoms with E-state index in [9.17, 15) is 29.7 Å². The highest BCUT2D eigenvalue weighted by Crippen LogP contribution is 2.20. The van der Waals surface area contributed by atoms with E-state index >= 15 is 0 Å². The molecule has 188 valence electrons. The molecule has 0 aromatic heterocycles. The molecule has 0 saturated heterocycles. The normalized spacial score (nSPS) is 12.8. The second-order valence-corrected chi connectivity index (χ2v) is 8.59. The summed E-state index contributed by atoms with van der Waals surface area (Å²) < 4.78 is 0. The third-order valence-corrected chi connectivity index (χ3v) is 5.80. The Morgan fingerprint density at radius 1 is 0.750 bits per heavy atom. The van der Waals surface area contributed by atoms with Crippen molar-refractivity contribution in [3.8, 4) is 0 Å². The van der Waals surface area contributed by atoms with E-state index in [0.29, 0.717) is 11.1 Å². The van der Waals surface area contributed by atoms with E-state index in [1.807, 2.05) is 6.07 Å². The molecule has 36 heavy (non-hydrogen) atoms. The summed E-state index contributed by atoms with van der Waals surface area (Å²) in [6, 6.07) is 23.7. The maximum Gasteiger partial charge on any atom is 0.251 e. The van der Waals surface area contributed by atoms with Crippen LogP contribution in [0, 0.1) is 0 Å². The summed E-state index contributed by atoms with van der Waals surface area (Å²) in [6.45, 7) is 0. The zero-order chi connectivity index (χ0) is 26.0. The van der Waals surface area contributed by atoms with Gasteiger partial charge < -0.3 is 30.7 Å². The van der Waals surface area contributed by atoms with Gasteiger partial charge in [-0.15, -0.1) is 0 Å². The molecule has 3 aromatic rings. The maximum atomic E-state index is 12.7. The third-order valence-electron chi connectivity index (χ3n) is 5.80. The number of carboxylic acids is 1. The molecular weight excluding hydrogens is 460 g/mol. The van der Waals surface area contributed by atoms with E-state index in [-0.39, 0.29) is 19.3 Å². The van der Waals surface area contributed by atoms with Crippen molar-refractivity contribution in [1.82, 2.24) is 10.6 Å². The molecule has 0 heterocycles. The molecule has 0 saturated carbocycles. The van der Waals surface area contributed by atoms with Gasteiger partial charge in [0.1, 0.15) is 0 Å². The van der Waals surface area contributed by atoms with Gasteiger partial charge in [-0.3, -0.25) is 9.59 Å². The molecule has 0 unspecified atom stereocenters. The maximum absolute atomic E-state index is 12.7. The molecule has 0 fully saturated rings. The lowest BCUT2D eigenvalue weighted by molar-refractivity contribution is -0.308. The largest absolute Gasteiger partial charge is 0.548 e. The number of benzene rings is 3. The van der Waals surface area contributed by atoms with E-state index in [4.69, 9.17) is 0 Å². The fourth-order valence-corrected chi connectivity index (χ4v) is 3.79. The summed E-state index contributed by atoms with van der Waals surface area (Å²) in [7, 11) is 0. The van der Waals surface area contributed by atoms with Crippen LogP contribution in [0.5, 0.6) is 0 Å². The Balaban J connectivity index is 1.67. The molecule has 0 radical (unpaired) electrons. The highest BCUT2D eigenvalue weighted by Gasteiger charge is 2.36. The van der Waals surface area contributed by atoms with Crippen LogP contribution in [0.3, 0.4) is 0 Å². The molecule has 0 aliphatic heterocycles. The summed E-state index contributed by atoms with van der Waals surface area (Å²) in [6.07, 6.45) is -0.680. The Kier molecular flexibility index (Phi) is 9.32. The van der Waals surface area contributed by atoms with Crippen LogP contribution >= 0.6 is 0 Å². The van der Waals surface area contributed by atoms with Gasteiger partial charge in [0, 0.05) is 18.4 Å². The van der Waals surface area contributed by atoms with Crippen LogP contribution in [0.1, 0.15) is 34.3 Å². The topological polar surface area (TPSA) is 139 Å². The molecule has 8 heteroatoms. The van der Waals surface area contributed by atoms with Crippen LogP contribution in [0.2, 0.25) is 0 Å². The summed E-state index contributed by atoms with van der Waals surface area (Å²) >= 11 is 0. The van der Waals surface area contributed by atoms with Gasteiger partial charge in [0.2, 0.25) is 5.91 Å². The third kappa shape index (κ3) is 8.04. The first-order valence-electron chi connectivity index (χ1n) is 11.6. The van der Waals surface area contributed by atoms with Crippen molar-refractivity contribution in [2.24, 2.45) is 0 Å². The summed E-state index contributed by atoms with van der Waals surface area (Å²) in [4.78, 5) is 36.8. The van der Waals surface area contributed by atoms with E-state index in [1.54, 1.807) is 84.9 Å². The predicted octanol–water partition coefficient (Wildman–Crippen LogP) is 0.966. The van der Waals surface area contributed by atoms with Gasteiger partial charge in [-0.1, -0.05) is 78.9 Å². The standard InChI is InChI=1S/C28H30N2O6/c31-25(29-23(27(33)34)18-20-10-4-1-5-11-20)16-17-28(35,36)24(19-21-12-6-2-7-13-21)30-26(32)22-14-8-3-9-15-22/h1-15,23-24,35-36H,16-19H2,(H,29,31)(H,30,32)(H,33,34)/p-1/t23-,24-/m0/s1. The molecule has 3 aromatic carbocycles. The second kappa shape index (κ2) is 12.6. The molecule has 8 nitrogen and oxygen atoms in total. The van der Waals surface area contributed by atoms with E-state index in [2.05, 4.69) is 10.6 Å². The van der Waals surface area contributed by atoms with Gasteiger partial charge in [0.25, 0.3) is 5.91 Å². The number of carbonyl (C=O) groups is 3. The number of rotatable bonds is 12. The number of hydrogen-bond acceptors (Lipinski definition) is 6. The number of amides is 2. The van der Waals surface area contributed by atoms with Gasteiger partial charge in [0.05, 0.1) is 18.1 Å². The summed E-state index contributed by atoms with van der Waals surface area (Å²) in [5.74, 6) is -5.06. The van der Waals surface area contributed by atoms with Crippen molar-refractivity contribution in [3.63, 3.8) is 0 Å². The summed E-state index contributed by atoms with van der Waals surface area (Å²) in [5.41, 5.74) is 1.81. The Bertz CT molecular complexity index is 1140. The highest BCUT2D eigenvalue weighted by molar-refractivity contribution is 5.94. The van der Waals surface area contributed by atoms with Crippen molar-refractivity contribution in [1.29, 1.82) is 0 Å². The predicted molar refractivity (Wildman–Crippen MR) is 131 cm³/mol. The fourth-order valence-electron chi connectivity index (χ4n) is 3.79. The molecular formula is C28H29N2O6-. The summed E-state index contributed by atoms with van der Waals surface area (Å²) in [5, 5.41) is 38.4. The minimum atomic E-state index is -2.45. The van der Waals surface area contributed by atoms with Crippen molar-refractivity contribution in [2.75, 3.05) is 0 Å². The number of aliphatic carboxylic acids is 1. The Morgan fingerprint density at radius 3 is 1.78 bits per heavy atom. The zero-order valence-electron chi connectivity index (χ0n) is 19.7. The first kappa shape index (κ1) is 26.6. The first-order chi connectivity index (χ1) is 17.2. The van der Waals surface area contributed by atoms with Crippen LogP contribution in [0.15, 0.2) is 91.0 Å². The second-order valence-electron chi connectivity index (χ2n) is 8.59. The molecule has 0 bridgehead atoms. The van der Waals surface area contributed by atoms with Gasteiger partial charge >= 0.3 is 0 Å². The monoisotopic (exact) mass is 489 g/mol. The highest BCUT2D eigenvalue weighted by atomic mass is 16.5. The van der Waals surface area contributed by atoms with Gasteiger partial charge in [-0.25, -0.2) is 0 Å². The van der Waals surface area contributed by atoms with Crippen LogP contribution in [0.4, 0.5) is 0 Å². The van der Waals surface area contributed by atoms with E-state index < -0.39 is 42.1 Å². The molecule has 0 aliphatic carbocycles. The lowest BCUT2D eigenvalue weighted by Gasteiger charge is -2.32. The van der Waals surface area contributed by atoms with Crippen LogP contribution in [-0.4, -0.2) is 45.9 Å². The molecule has 2 atom stereocenters. The number of aliphatic hydroxyl groups is 2. The number of hydrogen-bond donors (Lipinski definition) is 4. The fraction of sp³-hybridized carbons (Fsp3) is 0.250. The van der Waals surface area contributed by atoms with Gasteiger partial charge in [-0.05, 0) is 36.1 Å². The number of carbonyl (C=O) groups excluding carboxylic acids is 3. The molecule has 4 N–H and O–H groups in total. The minimum absolute atomic E-state index is 0.0298. The molecule has 3 rings (SSSR count). The molecule has 0 aliphatic rings. The number of carboxylic acid groups (broad SMARTS) is 1. The van der Waals surface area contributed by atoms with Gasteiger partial charge in [-0.2, -0.15) is 0 Å². The average Bonchev–Trinajstić information content (AvgIpc) is 2.88. The quantitative estimate of drug-likeness (QED) is 0.280. The van der Waals surface area contributed by atoms with Crippen LogP contribution in [-0.2, 0) is 22.4 Å². The molecule has 0 spiro atoms. The SMILES string of the molecule is O=C(CCC(O)(O)[C@H](Cc1ccccc1)NC(=O)c1ccccc1)N[C@@H](Cc1ccccc1)C(=O)[O-].